The first-order valence-electron chi connectivity index (χ1n) is 7.20. The SMILES string of the molecule is Fc1ccc(SCc2noc(CCC3CCNC3)n2)cc1. The predicted octanol–water partition coefficient (Wildman–Crippen LogP) is 3.04. The monoisotopic (exact) mass is 307 g/mol. The third-order valence-corrected chi connectivity index (χ3v) is 4.63. The fraction of sp³-hybridized carbons (Fsp3) is 0.467. The van der Waals surface area contributed by atoms with Gasteiger partial charge in [0.25, 0.3) is 0 Å². The van der Waals surface area contributed by atoms with Crippen LogP contribution in [0.4, 0.5) is 4.39 Å². The van der Waals surface area contributed by atoms with Gasteiger partial charge in [-0.15, -0.1) is 11.8 Å². The van der Waals surface area contributed by atoms with Crippen LogP contribution in [0.3, 0.4) is 0 Å². The number of hydrogen-bond acceptors (Lipinski definition) is 5. The molecule has 112 valence electrons. The highest BCUT2D eigenvalue weighted by atomic mass is 32.2. The summed E-state index contributed by atoms with van der Waals surface area (Å²) in [6, 6.07) is 6.43. The molecule has 1 aliphatic rings. The van der Waals surface area contributed by atoms with Crippen LogP contribution < -0.4 is 5.32 Å². The molecule has 1 aromatic heterocycles. The van der Waals surface area contributed by atoms with Gasteiger partial charge in [-0.25, -0.2) is 4.39 Å². The highest BCUT2D eigenvalue weighted by Crippen LogP contribution is 2.22. The lowest BCUT2D eigenvalue weighted by Gasteiger charge is -2.03. The zero-order valence-corrected chi connectivity index (χ0v) is 12.5. The summed E-state index contributed by atoms with van der Waals surface area (Å²) in [7, 11) is 0. The molecule has 1 unspecified atom stereocenters. The Bertz CT molecular complexity index is 567. The minimum absolute atomic E-state index is 0.220. The Kier molecular flexibility index (Phi) is 4.87. The van der Waals surface area contributed by atoms with Crippen LogP contribution in [-0.4, -0.2) is 23.2 Å². The highest BCUT2D eigenvalue weighted by molar-refractivity contribution is 7.98. The van der Waals surface area contributed by atoms with Crippen molar-refractivity contribution in [2.45, 2.75) is 29.9 Å². The third-order valence-electron chi connectivity index (χ3n) is 3.62. The first-order valence-corrected chi connectivity index (χ1v) is 8.19. The van der Waals surface area contributed by atoms with Crippen molar-refractivity contribution in [3.8, 4) is 0 Å². The van der Waals surface area contributed by atoms with E-state index in [4.69, 9.17) is 4.52 Å². The summed E-state index contributed by atoms with van der Waals surface area (Å²) < 4.78 is 18.1. The zero-order valence-electron chi connectivity index (χ0n) is 11.7. The van der Waals surface area contributed by atoms with Crippen LogP contribution in [0.2, 0.25) is 0 Å². The van der Waals surface area contributed by atoms with Crippen LogP contribution in [0.15, 0.2) is 33.7 Å². The number of halogens is 1. The second kappa shape index (κ2) is 7.04. The van der Waals surface area contributed by atoms with Crippen molar-refractivity contribution < 1.29 is 8.91 Å². The fourth-order valence-corrected chi connectivity index (χ4v) is 3.16. The van der Waals surface area contributed by atoms with Gasteiger partial charge in [0, 0.05) is 11.3 Å². The van der Waals surface area contributed by atoms with E-state index in [1.807, 2.05) is 0 Å². The van der Waals surface area contributed by atoms with Crippen LogP contribution in [0.25, 0.3) is 0 Å². The van der Waals surface area contributed by atoms with Crippen molar-refractivity contribution in [3.63, 3.8) is 0 Å². The lowest BCUT2D eigenvalue weighted by atomic mass is 10.0. The molecule has 0 amide bonds. The van der Waals surface area contributed by atoms with E-state index in [9.17, 15) is 4.39 Å². The Morgan fingerprint density at radius 3 is 2.95 bits per heavy atom. The maximum Gasteiger partial charge on any atom is 0.226 e. The smallest absolute Gasteiger partial charge is 0.226 e. The summed E-state index contributed by atoms with van der Waals surface area (Å²) in [5, 5.41) is 7.36. The fourth-order valence-electron chi connectivity index (χ4n) is 2.42. The largest absolute Gasteiger partial charge is 0.339 e. The average Bonchev–Trinajstić information content (AvgIpc) is 3.16. The minimum atomic E-state index is -0.220. The minimum Gasteiger partial charge on any atom is -0.339 e. The summed E-state index contributed by atoms with van der Waals surface area (Å²) in [5.74, 6) is 2.57. The molecule has 0 aliphatic carbocycles. The number of aromatic nitrogens is 2. The number of rotatable bonds is 6. The number of aryl methyl sites for hydroxylation is 1. The number of nitrogens with zero attached hydrogens (tertiary/aromatic N) is 2. The van der Waals surface area contributed by atoms with Gasteiger partial charge in [-0.2, -0.15) is 4.98 Å². The predicted molar refractivity (Wildman–Crippen MR) is 79.6 cm³/mol. The van der Waals surface area contributed by atoms with E-state index in [0.717, 1.165) is 42.6 Å². The van der Waals surface area contributed by atoms with E-state index in [1.165, 1.54) is 18.6 Å². The quantitative estimate of drug-likeness (QED) is 0.831. The molecule has 1 aliphatic heterocycles. The first kappa shape index (κ1) is 14.5. The van der Waals surface area contributed by atoms with Crippen LogP contribution in [0.1, 0.15) is 24.6 Å². The number of thioether (sulfide) groups is 1. The standard InChI is InChI=1S/C15H18FN3OS/c16-12-2-4-13(5-3-12)21-10-14-18-15(20-19-14)6-1-11-7-8-17-9-11/h2-5,11,17H,1,6-10H2. The van der Waals surface area contributed by atoms with Crippen molar-refractivity contribution in [1.29, 1.82) is 0 Å². The van der Waals surface area contributed by atoms with Crippen molar-refractivity contribution in [1.82, 2.24) is 15.5 Å². The van der Waals surface area contributed by atoms with Crippen LogP contribution in [0.5, 0.6) is 0 Å². The third kappa shape index (κ3) is 4.28. The zero-order chi connectivity index (χ0) is 14.5. The van der Waals surface area contributed by atoms with Crippen molar-refractivity contribution in [3.05, 3.63) is 41.8 Å². The molecule has 0 bridgehead atoms. The molecular weight excluding hydrogens is 289 g/mol. The van der Waals surface area contributed by atoms with Crippen molar-refractivity contribution >= 4 is 11.8 Å². The molecule has 6 heteroatoms. The second-order valence-electron chi connectivity index (χ2n) is 5.24. The van der Waals surface area contributed by atoms with E-state index < -0.39 is 0 Å². The molecule has 0 saturated carbocycles. The van der Waals surface area contributed by atoms with Gasteiger partial charge in [-0.3, -0.25) is 0 Å². The molecule has 1 atom stereocenters. The highest BCUT2D eigenvalue weighted by Gasteiger charge is 2.16. The molecule has 0 spiro atoms. The van der Waals surface area contributed by atoms with Gasteiger partial charge in [-0.1, -0.05) is 5.16 Å². The van der Waals surface area contributed by atoms with Gasteiger partial charge >= 0.3 is 0 Å². The molecule has 1 saturated heterocycles. The van der Waals surface area contributed by atoms with Gasteiger partial charge < -0.3 is 9.84 Å². The Balaban J connectivity index is 1.46. The maximum atomic E-state index is 12.8. The van der Waals surface area contributed by atoms with Crippen molar-refractivity contribution in [2.75, 3.05) is 13.1 Å². The molecule has 2 aromatic rings. The summed E-state index contributed by atoms with van der Waals surface area (Å²) in [4.78, 5) is 5.41. The molecule has 4 nitrogen and oxygen atoms in total. The Labute approximate surface area is 127 Å². The topological polar surface area (TPSA) is 51.0 Å². The van der Waals surface area contributed by atoms with Crippen LogP contribution in [-0.2, 0) is 12.2 Å². The summed E-state index contributed by atoms with van der Waals surface area (Å²) in [6.45, 7) is 2.22. The van der Waals surface area contributed by atoms with E-state index in [0.29, 0.717) is 11.6 Å². The molecule has 3 rings (SSSR count). The molecule has 1 fully saturated rings. The van der Waals surface area contributed by atoms with Crippen molar-refractivity contribution in [2.24, 2.45) is 5.92 Å². The molecule has 2 heterocycles. The number of benzene rings is 1. The van der Waals surface area contributed by atoms with Gasteiger partial charge in [-0.05, 0) is 56.1 Å². The Hall–Kier alpha value is -1.40. The van der Waals surface area contributed by atoms with E-state index in [1.54, 1.807) is 23.9 Å². The molecule has 21 heavy (non-hydrogen) atoms. The molecule has 1 N–H and O–H groups in total. The van der Waals surface area contributed by atoms with Gasteiger partial charge in [0.2, 0.25) is 5.89 Å². The van der Waals surface area contributed by atoms with E-state index in [-0.39, 0.29) is 5.82 Å². The average molecular weight is 307 g/mol. The molecule has 0 radical (unpaired) electrons. The van der Waals surface area contributed by atoms with E-state index in [2.05, 4.69) is 15.5 Å². The van der Waals surface area contributed by atoms with Gasteiger partial charge in [0.1, 0.15) is 5.82 Å². The summed E-state index contributed by atoms with van der Waals surface area (Å²) >= 11 is 1.58. The maximum absolute atomic E-state index is 12.8. The van der Waals surface area contributed by atoms with Gasteiger partial charge in [0.15, 0.2) is 5.82 Å². The Morgan fingerprint density at radius 2 is 2.19 bits per heavy atom. The van der Waals surface area contributed by atoms with E-state index >= 15 is 0 Å². The first-order chi connectivity index (χ1) is 10.3. The lowest BCUT2D eigenvalue weighted by molar-refractivity contribution is 0.361. The van der Waals surface area contributed by atoms with Crippen LogP contribution in [0, 0.1) is 11.7 Å². The second-order valence-corrected chi connectivity index (χ2v) is 6.29. The number of nitrogens with one attached hydrogen (secondary N) is 1. The molecular formula is C15H18FN3OS. The lowest BCUT2D eigenvalue weighted by Crippen LogP contribution is -2.09. The molecule has 1 aromatic carbocycles. The van der Waals surface area contributed by atoms with Gasteiger partial charge in [0.05, 0.1) is 5.75 Å². The summed E-state index contributed by atoms with van der Waals surface area (Å²) in [5.41, 5.74) is 0. The van der Waals surface area contributed by atoms with Crippen LogP contribution >= 0.6 is 11.8 Å². The summed E-state index contributed by atoms with van der Waals surface area (Å²) in [6.07, 6.45) is 3.18. The normalized spacial score (nSPS) is 18.2. The Morgan fingerprint density at radius 1 is 1.33 bits per heavy atom. The number of hydrogen-bond donors (Lipinski definition) is 1.